The van der Waals surface area contributed by atoms with Gasteiger partial charge in [-0.15, -0.1) is 0 Å². The van der Waals surface area contributed by atoms with Crippen LogP contribution < -0.4 is 0 Å². The molecule has 3 rings (SSSR count). The van der Waals surface area contributed by atoms with E-state index in [0.29, 0.717) is 17.6 Å². The second kappa shape index (κ2) is 2.94. The minimum Gasteiger partial charge on any atom is -0.299 e. The van der Waals surface area contributed by atoms with Gasteiger partial charge in [0, 0.05) is 12.3 Å². The summed E-state index contributed by atoms with van der Waals surface area (Å²) in [6.45, 7) is 0. The molecule has 0 radical (unpaired) electrons. The predicted molar refractivity (Wildman–Crippen MR) is 54.9 cm³/mol. The maximum Gasteiger partial charge on any atom is 0.136 e. The molecule has 3 atom stereocenters. The van der Waals surface area contributed by atoms with Crippen LogP contribution in [0.4, 0.5) is 0 Å². The van der Waals surface area contributed by atoms with Crippen molar-refractivity contribution in [2.45, 2.75) is 19.3 Å². The van der Waals surface area contributed by atoms with Crippen LogP contribution in [0, 0.1) is 17.8 Å². The minimum absolute atomic E-state index is 0.440. The van der Waals surface area contributed by atoms with E-state index >= 15 is 0 Å². The lowest BCUT2D eigenvalue weighted by atomic mass is 10.0. The highest BCUT2D eigenvalue weighted by Gasteiger charge is 2.57. The third-order valence-corrected chi connectivity index (χ3v) is 3.74. The van der Waals surface area contributed by atoms with Crippen LogP contribution >= 0.6 is 0 Å². The Labute approximate surface area is 84.1 Å². The molecule has 1 aromatic carbocycles. The van der Waals surface area contributed by atoms with Crippen LogP contribution in [0.2, 0.25) is 0 Å². The summed E-state index contributed by atoms with van der Waals surface area (Å²) in [7, 11) is 0. The molecule has 0 saturated heterocycles. The predicted octanol–water partition coefficient (Wildman–Crippen LogP) is 2.45. The molecule has 0 aromatic heterocycles. The third kappa shape index (κ3) is 1.19. The van der Waals surface area contributed by atoms with Gasteiger partial charge in [-0.3, -0.25) is 4.79 Å². The molecule has 0 N–H and O–H groups in total. The monoisotopic (exact) mass is 186 g/mol. The van der Waals surface area contributed by atoms with E-state index in [-0.39, 0.29) is 0 Å². The summed E-state index contributed by atoms with van der Waals surface area (Å²) in [5.41, 5.74) is 1.39. The van der Waals surface area contributed by atoms with E-state index in [4.69, 9.17) is 0 Å². The van der Waals surface area contributed by atoms with Gasteiger partial charge in [0.1, 0.15) is 5.78 Å². The molecule has 0 spiro atoms. The van der Waals surface area contributed by atoms with Gasteiger partial charge in [0.25, 0.3) is 0 Å². The van der Waals surface area contributed by atoms with Crippen molar-refractivity contribution in [3.63, 3.8) is 0 Å². The number of ketones is 1. The van der Waals surface area contributed by atoms with E-state index < -0.39 is 0 Å². The highest BCUT2D eigenvalue weighted by molar-refractivity contribution is 5.87. The molecule has 0 bridgehead atoms. The average molecular weight is 186 g/mol. The van der Waals surface area contributed by atoms with E-state index in [2.05, 4.69) is 24.3 Å². The largest absolute Gasteiger partial charge is 0.299 e. The lowest BCUT2D eigenvalue weighted by Gasteiger charge is -2.02. The number of Topliss-reactive ketones (excluding diaryl/α,β-unsaturated/α-hetero) is 1. The first kappa shape index (κ1) is 8.22. The smallest absolute Gasteiger partial charge is 0.136 e. The number of carbonyl (C=O) groups excluding carboxylic acids is 1. The van der Waals surface area contributed by atoms with Crippen LogP contribution in [0.15, 0.2) is 30.3 Å². The highest BCUT2D eigenvalue weighted by Crippen LogP contribution is 2.56. The number of hydrogen-bond acceptors (Lipinski definition) is 1. The molecule has 2 aliphatic rings. The Bertz CT molecular complexity index is 355. The van der Waals surface area contributed by atoms with Crippen molar-refractivity contribution >= 4 is 5.78 Å². The molecule has 1 heteroatoms. The molecule has 14 heavy (non-hydrogen) atoms. The Kier molecular flexibility index (Phi) is 1.73. The van der Waals surface area contributed by atoms with E-state index in [1.54, 1.807) is 0 Å². The molecule has 1 nitrogen and oxygen atoms in total. The van der Waals surface area contributed by atoms with Crippen LogP contribution in [0.3, 0.4) is 0 Å². The summed E-state index contributed by atoms with van der Waals surface area (Å²) in [5, 5.41) is 0. The van der Waals surface area contributed by atoms with Crippen molar-refractivity contribution in [2.24, 2.45) is 17.8 Å². The van der Waals surface area contributed by atoms with E-state index in [0.717, 1.165) is 25.2 Å². The van der Waals surface area contributed by atoms with Crippen LogP contribution in [0.25, 0.3) is 0 Å². The Balaban J connectivity index is 1.69. The summed E-state index contributed by atoms with van der Waals surface area (Å²) in [6.07, 6.45) is 3.11. The molecular formula is C13H14O. The molecule has 0 amide bonds. The van der Waals surface area contributed by atoms with Crippen molar-refractivity contribution in [2.75, 3.05) is 0 Å². The van der Waals surface area contributed by atoms with E-state index in [1.807, 2.05) is 6.07 Å². The third-order valence-electron chi connectivity index (χ3n) is 3.74. The van der Waals surface area contributed by atoms with Gasteiger partial charge in [-0.1, -0.05) is 30.3 Å². The van der Waals surface area contributed by atoms with Crippen molar-refractivity contribution in [1.82, 2.24) is 0 Å². The molecule has 2 aliphatic carbocycles. The number of fused-ring (bicyclic) bond motifs is 1. The fourth-order valence-electron chi connectivity index (χ4n) is 2.96. The zero-order chi connectivity index (χ0) is 9.54. The van der Waals surface area contributed by atoms with Gasteiger partial charge in [-0.2, -0.15) is 0 Å². The Morgan fingerprint density at radius 1 is 1.21 bits per heavy atom. The SMILES string of the molecule is O=C1CC[C@@H]2[C@@H](Cc3ccccc3)[C@H]12. The van der Waals surface area contributed by atoms with Crippen LogP contribution in [-0.2, 0) is 11.2 Å². The molecule has 1 aromatic rings. The summed E-state index contributed by atoms with van der Waals surface area (Å²) in [5.74, 6) is 2.38. The zero-order valence-corrected chi connectivity index (χ0v) is 8.15. The molecule has 2 fully saturated rings. The van der Waals surface area contributed by atoms with Gasteiger partial charge in [-0.25, -0.2) is 0 Å². The van der Waals surface area contributed by atoms with Gasteiger partial charge in [0.05, 0.1) is 0 Å². The summed E-state index contributed by atoms with van der Waals surface area (Å²) < 4.78 is 0. The first-order valence-corrected chi connectivity index (χ1v) is 5.43. The van der Waals surface area contributed by atoms with Crippen LogP contribution in [0.1, 0.15) is 18.4 Å². The molecule has 0 unspecified atom stereocenters. The van der Waals surface area contributed by atoms with Gasteiger partial charge < -0.3 is 0 Å². The number of hydrogen-bond donors (Lipinski definition) is 0. The maximum atomic E-state index is 11.4. The van der Waals surface area contributed by atoms with Crippen molar-refractivity contribution in [3.8, 4) is 0 Å². The van der Waals surface area contributed by atoms with Crippen molar-refractivity contribution < 1.29 is 4.79 Å². The molecule has 2 saturated carbocycles. The summed E-state index contributed by atoms with van der Waals surface area (Å²) >= 11 is 0. The van der Waals surface area contributed by atoms with Gasteiger partial charge >= 0.3 is 0 Å². The standard InChI is InChI=1S/C13H14O/c14-12-7-6-10-11(13(10)12)8-9-4-2-1-3-5-9/h1-5,10-11,13H,6-8H2/t10-,11-,13-/m1/s1. The second-order valence-electron chi connectivity index (χ2n) is 4.55. The first-order chi connectivity index (χ1) is 6.86. The van der Waals surface area contributed by atoms with Gasteiger partial charge in [0.2, 0.25) is 0 Å². The quantitative estimate of drug-likeness (QED) is 0.693. The molecule has 72 valence electrons. The number of rotatable bonds is 2. The lowest BCUT2D eigenvalue weighted by Crippen LogP contribution is -2.01. The number of carbonyl (C=O) groups is 1. The minimum atomic E-state index is 0.440. The summed E-state index contributed by atoms with van der Waals surface area (Å²) in [6, 6.07) is 10.5. The number of benzene rings is 1. The van der Waals surface area contributed by atoms with Crippen LogP contribution in [-0.4, -0.2) is 5.78 Å². The normalized spacial score (nSPS) is 34.3. The molecule has 0 heterocycles. The topological polar surface area (TPSA) is 17.1 Å². The van der Waals surface area contributed by atoms with Gasteiger partial charge in [0.15, 0.2) is 0 Å². The van der Waals surface area contributed by atoms with Crippen molar-refractivity contribution in [1.29, 1.82) is 0 Å². The molecule has 0 aliphatic heterocycles. The van der Waals surface area contributed by atoms with E-state index in [9.17, 15) is 4.79 Å². The van der Waals surface area contributed by atoms with Crippen molar-refractivity contribution in [3.05, 3.63) is 35.9 Å². The summed E-state index contributed by atoms with van der Waals surface area (Å²) in [4.78, 5) is 11.4. The second-order valence-corrected chi connectivity index (χ2v) is 4.55. The Morgan fingerprint density at radius 2 is 2.00 bits per heavy atom. The average Bonchev–Trinajstić information content (AvgIpc) is 2.75. The Morgan fingerprint density at radius 3 is 2.64 bits per heavy atom. The fraction of sp³-hybridized carbons (Fsp3) is 0.462. The lowest BCUT2D eigenvalue weighted by molar-refractivity contribution is -0.119. The first-order valence-electron chi connectivity index (χ1n) is 5.43. The fourth-order valence-corrected chi connectivity index (χ4v) is 2.96. The molecular weight excluding hydrogens is 172 g/mol. The highest BCUT2D eigenvalue weighted by atomic mass is 16.1. The van der Waals surface area contributed by atoms with E-state index in [1.165, 1.54) is 5.56 Å². The van der Waals surface area contributed by atoms with Gasteiger partial charge in [-0.05, 0) is 30.2 Å². The zero-order valence-electron chi connectivity index (χ0n) is 8.15. The Hall–Kier alpha value is -1.11. The van der Waals surface area contributed by atoms with Crippen LogP contribution in [0.5, 0.6) is 0 Å². The maximum absolute atomic E-state index is 11.4.